The summed E-state index contributed by atoms with van der Waals surface area (Å²) in [4.78, 5) is 13.3. The van der Waals surface area contributed by atoms with E-state index in [1.165, 1.54) is 16.5 Å². The average Bonchev–Trinajstić information content (AvgIpc) is 3.49. The Bertz CT molecular complexity index is 1200. The van der Waals surface area contributed by atoms with Gasteiger partial charge in [-0.15, -0.1) is 0 Å². The summed E-state index contributed by atoms with van der Waals surface area (Å²) in [5.74, 6) is 1.05. The molecule has 29 heavy (non-hydrogen) atoms. The van der Waals surface area contributed by atoms with Gasteiger partial charge in [-0.3, -0.25) is 0 Å². The van der Waals surface area contributed by atoms with Gasteiger partial charge in [-0.05, 0) is 61.4 Å². The Morgan fingerprint density at radius 1 is 1.14 bits per heavy atom. The number of rotatable bonds is 4. The second-order valence-corrected chi connectivity index (χ2v) is 8.05. The van der Waals surface area contributed by atoms with Crippen LogP contribution in [0.15, 0.2) is 49.1 Å². The van der Waals surface area contributed by atoms with Crippen molar-refractivity contribution < 1.29 is 4.74 Å². The monoisotopic (exact) mass is 385 g/mol. The zero-order valence-electron chi connectivity index (χ0n) is 16.2. The summed E-state index contributed by atoms with van der Waals surface area (Å²) in [5.41, 5.74) is 4.69. The van der Waals surface area contributed by atoms with Gasteiger partial charge in [0.1, 0.15) is 24.0 Å². The lowest BCUT2D eigenvalue weighted by molar-refractivity contribution is 0.00120. The first-order chi connectivity index (χ1) is 14.3. The predicted molar refractivity (Wildman–Crippen MR) is 113 cm³/mol. The van der Waals surface area contributed by atoms with Crippen LogP contribution in [0.25, 0.3) is 21.9 Å². The molecule has 1 saturated heterocycles. The van der Waals surface area contributed by atoms with E-state index in [9.17, 15) is 0 Å². The lowest BCUT2D eigenvalue weighted by atomic mass is 10.0. The number of aryl methyl sites for hydroxylation is 1. The molecule has 2 aliphatic rings. The van der Waals surface area contributed by atoms with E-state index in [1.54, 1.807) is 6.33 Å². The van der Waals surface area contributed by atoms with Gasteiger partial charge in [-0.1, -0.05) is 12.1 Å². The highest BCUT2D eigenvalue weighted by molar-refractivity contribution is 5.83. The molecular weight excluding hydrogens is 362 g/mol. The van der Waals surface area contributed by atoms with Crippen molar-refractivity contribution in [1.82, 2.24) is 19.5 Å². The standard InChI is InChI=1S/C23H23N5O/c1-3-16-12-17-7-9-25-22(17)27-20(16)11-15(1)2-4-19-5-6-21(29-19)28-10-8-18-13-24-14-26-23(18)28/h1,3,8,10-14,19,21H,2,4-7,9H2,(H,25,27). The van der Waals surface area contributed by atoms with Gasteiger partial charge in [0.15, 0.2) is 0 Å². The van der Waals surface area contributed by atoms with Crippen LogP contribution in [0.3, 0.4) is 0 Å². The maximum Gasteiger partial charge on any atom is 0.145 e. The molecule has 1 fully saturated rings. The molecular formula is C23H23N5O. The van der Waals surface area contributed by atoms with Crippen LogP contribution in [-0.4, -0.2) is 32.2 Å². The van der Waals surface area contributed by atoms with Crippen molar-refractivity contribution in [3.8, 4) is 0 Å². The van der Waals surface area contributed by atoms with Crippen LogP contribution < -0.4 is 5.32 Å². The number of nitrogens with one attached hydrogen (secondary N) is 1. The van der Waals surface area contributed by atoms with E-state index in [1.807, 2.05) is 6.20 Å². The van der Waals surface area contributed by atoms with E-state index in [2.05, 4.69) is 56.4 Å². The van der Waals surface area contributed by atoms with Gasteiger partial charge in [-0.2, -0.15) is 0 Å². The summed E-state index contributed by atoms with van der Waals surface area (Å²) in [5, 5.41) is 5.67. The summed E-state index contributed by atoms with van der Waals surface area (Å²) < 4.78 is 8.50. The van der Waals surface area contributed by atoms with Crippen molar-refractivity contribution in [3.05, 3.63) is 60.2 Å². The molecule has 3 aromatic heterocycles. The molecule has 0 radical (unpaired) electrons. The van der Waals surface area contributed by atoms with Gasteiger partial charge >= 0.3 is 0 Å². The van der Waals surface area contributed by atoms with Crippen molar-refractivity contribution >= 4 is 27.8 Å². The van der Waals surface area contributed by atoms with Crippen LogP contribution in [0.4, 0.5) is 5.82 Å². The topological polar surface area (TPSA) is 64.9 Å². The van der Waals surface area contributed by atoms with Crippen LogP contribution in [0.5, 0.6) is 0 Å². The Morgan fingerprint density at radius 2 is 2.14 bits per heavy atom. The van der Waals surface area contributed by atoms with Gasteiger partial charge in [-0.25, -0.2) is 15.0 Å². The molecule has 6 rings (SSSR count). The van der Waals surface area contributed by atoms with Crippen molar-refractivity contribution in [2.45, 2.75) is 44.4 Å². The highest BCUT2D eigenvalue weighted by Gasteiger charge is 2.27. The van der Waals surface area contributed by atoms with Crippen LogP contribution in [0, 0.1) is 0 Å². The molecule has 0 spiro atoms. The molecule has 0 aliphatic carbocycles. The number of nitrogens with zero attached hydrogens (tertiary/aromatic N) is 4. The lowest BCUT2D eigenvalue weighted by Crippen LogP contribution is -2.12. The molecule has 2 unspecified atom stereocenters. The number of benzene rings is 1. The highest BCUT2D eigenvalue weighted by atomic mass is 16.5. The third-order valence-corrected chi connectivity index (χ3v) is 6.18. The normalized spacial score (nSPS) is 21.0. The largest absolute Gasteiger partial charge is 0.369 e. The lowest BCUT2D eigenvalue weighted by Gasteiger charge is -2.16. The Labute approximate surface area is 169 Å². The Morgan fingerprint density at radius 3 is 3.14 bits per heavy atom. The fraction of sp³-hybridized carbons (Fsp3) is 0.348. The average molecular weight is 385 g/mol. The maximum atomic E-state index is 6.36. The van der Waals surface area contributed by atoms with Crippen LogP contribution >= 0.6 is 0 Å². The molecule has 0 saturated carbocycles. The molecule has 146 valence electrons. The number of fused-ring (bicyclic) bond motifs is 3. The van der Waals surface area contributed by atoms with Gasteiger partial charge in [0, 0.05) is 29.7 Å². The molecule has 1 N–H and O–H groups in total. The van der Waals surface area contributed by atoms with Crippen molar-refractivity contribution in [2.75, 3.05) is 11.9 Å². The fourth-order valence-corrected chi connectivity index (χ4v) is 4.63. The molecule has 6 heteroatoms. The first kappa shape index (κ1) is 16.9. The second kappa shape index (κ2) is 6.81. The van der Waals surface area contributed by atoms with Crippen molar-refractivity contribution in [3.63, 3.8) is 0 Å². The summed E-state index contributed by atoms with van der Waals surface area (Å²) in [6, 6.07) is 11.0. The zero-order chi connectivity index (χ0) is 19.2. The van der Waals surface area contributed by atoms with Gasteiger partial charge in [0.2, 0.25) is 0 Å². The van der Waals surface area contributed by atoms with E-state index in [0.717, 1.165) is 61.0 Å². The Hall–Kier alpha value is -2.99. The summed E-state index contributed by atoms with van der Waals surface area (Å²) in [6.45, 7) is 0.994. The van der Waals surface area contributed by atoms with Gasteiger partial charge in [0.25, 0.3) is 0 Å². The van der Waals surface area contributed by atoms with E-state index < -0.39 is 0 Å². The third kappa shape index (κ3) is 3.04. The van der Waals surface area contributed by atoms with E-state index >= 15 is 0 Å². The zero-order valence-corrected chi connectivity index (χ0v) is 16.2. The molecule has 1 aromatic carbocycles. The predicted octanol–water partition coefficient (Wildman–Crippen LogP) is 4.26. The molecule has 4 aromatic rings. The van der Waals surface area contributed by atoms with Crippen LogP contribution in [-0.2, 0) is 17.6 Å². The molecule has 0 amide bonds. The van der Waals surface area contributed by atoms with Gasteiger partial charge in [0.05, 0.1) is 11.6 Å². The number of aromatic nitrogens is 4. The van der Waals surface area contributed by atoms with Crippen LogP contribution in [0.1, 0.15) is 36.6 Å². The molecule has 2 aliphatic heterocycles. The number of anilines is 1. The van der Waals surface area contributed by atoms with E-state index in [-0.39, 0.29) is 12.3 Å². The van der Waals surface area contributed by atoms with Crippen molar-refractivity contribution in [1.29, 1.82) is 0 Å². The number of hydrogen-bond donors (Lipinski definition) is 1. The summed E-state index contributed by atoms with van der Waals surface area (Å²) >= 11 is 0. The minimum absolute atomic E-state index is 0.0688. The molecule has 5 heterocycles. The van der Waals surface area contributed by atoms with Crippen LogP contribution in [0.2, 0.25) is 0 Å². The first-order valence-electron chi connectivity index (χ1n) is 10.4. The maximum absolute atomic E-state index is 6.36. The molecule has 2 atom stereocenters. The summed E-state index contributed by atoms with van der Waals surface area (Å²) in [7, 11) is 0. The van der Waals surface area contributed by atoms with E-state index in [0.29, 0.717) is 0 Å². The first-order valence-corrected chi connectivity index (χ1v) is 10.4. The summed E-state index contributed by atoms with van der Waals surface area (Å²) in [6.07, 6.45) is 11.1. The number of hydrogen-bond acceptors (Lipinski definition) is 5. The Kier molecular flexibility index (Phi) is 3.97. The minimum atomic E-state index is 0.0688. The highest BCUT2D eigenvalue weighted by Crippen LogP contribution is 2.33. The third-order valence-electron chi connectivity index (χ3n) is 6.18. The Balaban J connectivity index is 1.14. The molecule has 0 bridgehead atoms. The van der Waals surface area contributed by atoms with E-state index in [4.69, 9.17) is 9.72 Å². The quantitative estimate of drug-likeness (QED) is 0.569. The number of ether oxygens (including phenoxy) is 1. The second-order valence-electron chi connectivity index (χ2n) is 8.05. The van der Waals surface area contributed by atoms with Crippen molar-refractivity contribution in [2.24, 2.45) is 0 Å². The SMILES string of the molecule is c1ncc2ccn(C3CCC(CCc4ccc5cc6c(nc5c4)NCC6)O3)c2n1. The number of pyridine rings is 1. The fourth-order valence-electron chi connectivity index (χ4n) is 4.63. The minimum Gasteiger partial charge on any atom is -0.369 e. The van der Waals surface area contributed by atoms with Gasteiger partial charge < -0.3 is 14.6 Å². The molecule has 6 nitrogen and oxygen atoms in total. The smallest absolute Gasteiger partial charge is 0.145 e.